The minimum atomic E-state index is -0.249. The fourth-order valence-electron chi connectivity index (χ4n) is 3.79. The summed E-state index contributed by atoms with van der Waals surface area (Å²) in [5, 5.41) is 19.2. The van der Waals surface area contributed by atoms with Crippen LogP contribution in [0.4, 0.5) is 0 Å². The molecule has 6 heteroatoms. The Morgan fingerprint density at radius 2 is 2.04 bits per heavy atom. The molecule has 0 spiro atoms. The van der Waals surface area contributed by atoms with Crippen LogP contribution >= 0.6 is 0 Å². The molecule has 0 fully saturated rings. The third kappa shape index (κ3) is 3.43. The molecule has 4 rings (SSSR count). The maximum Gasteiger partial charge on any atom is 0.257 e. The van der Waals surface area contributed by atoms with Crippen molar-refractivity contribution in [3.05, 3.63) is 83.1 Å². The smallest absolute Gasteiger partial charge is 0.257 e. The fourth-order valence-corrected chi connectivity index (χ4v) is 3.79. The summed E-state index contributed by atoms with van der Waals surface area (Å²) in [5.74, 6) is -0.249. The van der Waals surface area contributed by atoms with E-state index < -0.39 is 0 Å². The summed E-state index contributed by atoms with van der Waals surface area (Å²) in [6, 6.07) is 13.1. The second-order valence-electron chi connectivity index (χ2n) is 7.82. The average Bonchev–Trinajstić information content (AvgIpc) is 3.05. The molecule has 2 heterocycles. The van der Waals surface area contributed by atoms with Crippen molar-refractivity contribution < 1.29 is 9.52 Å². The van der Waals surface area contributed by atoms with Gasteiger partial charge in [-0.2, -0.15) is 9.83 Å². The minimum absolute atomic E-state index is 0.0205. The van der Waals surface area contributed by atoms with Gasteiger partial charge in [-0.05, 0) is 36.5 Å². The highest BCUT2D eigenvalue weighted by atomic mass is 16.5. The SMILES string of the molecule is CC1(C)Cc2c(cnn2-c2ccccc2)[C@H](NC(=O)c2ccc[n+]([O-])c2)C1. The van der Waals surface area contributed by atoms with Crippen LogP contribution in [0.2, 0.25) is 0 Å². The van der Waals surface area contributed by atoms with E-state index in [1.807, 2.05) is 41.2 Å². The number of carbonyl (C=O) groups is 1. The van der Waals surface area contributed by atoms with E-state index >= 15 is 0 Å². The number of nitrogens with zero attached hydrogens (tertiary/aromatic N) is 3. The number of nitrogens with one attached hydrogen (secondary N) is 1. The molecule has 1 amide bonds. The summed E-state index contributed by atoms with van der Waals surface area (Å²) < 4.78 is 2.60. The molecule has 27 heavy (non-hydrogen) atoms. The van der Waals surface area contributed by atoms with Gasteiger partial charge >= 0.3 is 0 Å². The van der Waals surface area contributed by atoms with Gasteiger partial charge in [0.2, 0.25) is 0 Å². The Balaban J connectivity index is 1.68. The van der Waals surface area contributed by atoms with Gasteiger partial charge in [-0.3, -0.25) is 4.79 Å². The average molecular weight is 362 g/mol. The number of hydrogen-bond donors (Lipinski definition) is 1. The zero-order valence-corrected chi connectivity index (χ0v) is 15.4. The molecule has 138 valence electrons. The molecule has 2 aromatic heterocycles. The summed E-state index contributed by atoms with van der Waals surface area (Å²) in [4.78, 5) is 12.7. The number of benzene rings is 1. The van der Waals surface area contributed by atoms with E-state index in [-0.39, 0.29) is 17.4 Å². The number of fused-ring (bicyclic) bond motifs is 1. The van der Waals surface area contributed by atoms with Crippen molar-refractivity contribution >= 4 is 5.91 Å². The molecule has 1 N–H and O–H groups in total. The lowest BCUT2D eigenvalue weighted by Crippen LogP contribution is -2.37. The van der Waals surface area contributed by atoms with Crippen molar-refractivity contribution in [2.75, 3.05) is 0 Å². The van der Waals surface area contributed by atoms with Crippen molar-refractivity contribution in [1.82, 2.24) is 15.1 Å². The lowest BCUT2D eigenvalue weighted by Gasteiger charge is -2.36. The summed E-state index contributed by atoms with van der Waals surface area (Å²) >= 11 is 0. The third-order valence-electron chi connectivity index (χ3n) is 5.02. The predicted octanol–water partition coefficient (Wildman–Crippen LogP) is 2.95. The highest BCUT2D eigenvalue weighted by Crippen LogP contribution is 2.41. The van der Waals surface area contributed by atoms with Gasteiger partial charge in [-0.1, -0.05) is 32.0 Å². The Morgan fingerprint density at radius 1 is 1.26 bits per heavy atom. The quantitative estimate of drug-likeness (QED) is 0.575. The van der Waals surface area contributed by atoms with Crippen LogP contribution in [-0.2, 0) is 6.42 Å². The van der Waals surface area contributed by atoms with Gasteiger partial charge in [0.15, 0.2) is 12.4 Å². The first-order valence-corrected chi connectivity index (χ1v) is 9.05. The summed E-state index contributed by atoms with van der Waals surface area (Å²) in [6.45, 7) is 4.40. The number of aromatic nitrogens is 3. The largest absolute Gasteiger partial charge is 0.619 e. The van der Waals surface area contributed by atoms with Gasteiger partial charge in [0.25, 0.3) is 5.91 Å². The second-order valence-corrected chi connectivity index (χ2v) is 7.82. The van der Waals surface area contributed by atoms with E-state index in [1.54, 1.807) is 12.1 Å². The van der Waals surface area contributed by atoms with Gasteiger partial charge in [0.1, 0.15) is 5.56 Å². The van der Waals surface area contributed by atoms with Gasteiger partial charge in [-0.15, -0.1) is 0 Å². The first-order chi connectivity index (χ1) is 12.9. The van der Waals surface area contributed by atoms with E-state index in [0.717, 1.165) is 29.8 Å². The van der Waals surface area contributed by atoms with Crippen molar-refractivity contribution in [2.45, 2.75) is 32.7 Å². The summed E-state index contributed by atoms with van der Waals surface area (Å²) in [5.41, 5.74) is 3.55. The van der Waals surface area contributed by atoms with Gasteiger partial charge in [0.05, 0.1) is 23.6 Å². The number of carbonyl (C=O) groups excluding carboxylic acids is 1. The molecular weight excluding hydrogens is 340 g/mol. The Bertz CT molecular complexity index is 979. The first kappa shape index (κ1) is 17.3. The number of para-hydroxylation sites is 1. The Kier molecular flexibility index (Phi) is 4.18. The molecule has 0 unspecified atom stereocenters. The molecule has 1 aliphatic rings. The molecule has 0 saturated carbocycles. The molecular formula is C21H22N4O2. The molecule has 0 saturated heterocycles. The number of hydrogen-bond acceptors (Lipinski definition) is 3. The molecule has 0 radical (unpaired) electrons. The van der Waals surface area contributed by atoms with E-state index in [0.29, 0.717) is 10.3 Å². The fraction of sp³-hybridized carbons (Fsp3) is 0.286. The first-order valence-electron chi connectivity index (χ1n) is 9.05. The third-order valence-corrected chi connectivity index (χ3v) is 5.02. The maximum atomic E-state index is 12.7. The van der Waals surface area contributed by atoms with Crippen LogP contribution in [0.15, 0.2) is 61.1 Å². The summed E-state index contributed by atoms with van der Waals surface area (Å²) in [6.07, 6.45) is 6.20. The Hall–Kier alpha value is -3.15. The van der Waals surface area contributed by atoms with Gasteiger partial charge in [-0.25, -0.2) is 4.68 Å². The molecule has 6 nitrogen and oxygen atoms in total. The van der Waals surface area contributed by atoms with Crippen molar-refractivity contribution in [3.63, 3.8) is 0 Å². The Morgan fingerprint density at radius 3 is 2.78 bits per heavy atom. The van der Waals surface area contributed by atoms with Crippen LogP contribution < -0.4 is 10.0 Å². The summed E-state index contributed by atoms with van der Waals surface area (Å²) in [7, 11) is 0. The monoisotopic (exact) mass is 362 g/mol. The van der Waals surface area contributed by atoms with E-state index in [4.69, 9.17) is 0 Å². The predicted molar refractivity (Wildman–Crippen MR) is 101 cm³/mol. The molecule has 1 aromatic carbocycles. The normalized spacial score (nSPS) is 17.9. The second kappa shape index (κ2) is 6.54. The number of amides is 1. The lowest BCUT2D eigenvalue weighted by atomic mass is 9.74. The van der Waals surface area contributed by atoms with Gasteiger partial charge < -0.3 is 10.5 Å². The topological polar surface area (TPSA) is 73.9 Å². The van der Waals surface area contributed by atoms with E-state index in [1.165, 1.54) is 12.4 Å². The standard InChI is InChI=1S/C21H22N4O2/c1-21(2)11-18(23-20(26)15-7-6-10-24(27)14-15)17-13-22-25(19(17)12-21)16-8-4-3-5-9-16/h3-10,13-14,18H,11-12H2,1-2H3,(H,23,26)/t18-/m1/s1. The van der Waals surface area contributed by atoms with Crippen molar-refractivity contribution in [3.8, 4) is 5.69 Å². The molecule has 0 aliphatic heterocycles. The molecule has 1 aliphatic carbocycles. The maximum absolute atomic E-state index is 12.7. The van der Waals surface area contributed by atoms with Crippen LogP contribution in [0.25, 0.3) is 5.69 Å². The zero-order valence-electron chi connectivity index (χ0n) is 15.4. The van der Waals surface area contributed by atoms with Crippen molar-refractivity contribution in [2.24, 2.45) is 5.41 Å². The van der Waals surface area contributed by atoms with Crippen LogP contribution in [-0.4, -0.2) is 15.7 Å². The molecule has 1 atom stereocenters. The van der Waals surface area contributed by atoms with E-state index in [2.05, 4.69) is 24.3 Å². The van der Waals surface area contributed by atoms with Crippen LogP contribution in [0.5, 0.6) is 0 Å². The van der Waals surface area contributed by atoms with Crippen molar-refractivity contribution in [1.29, 1.82) is 0 Å². The highest BCUT2D eigenvalue weighted by molar-refractivity contribution is 5.93. The van der Waals surface area contributed by atoms with Crippen LogP contribution in [0.1, 0.15) is 47.9 Å². The minimum Gasteiger partial charge on any atom is -0.619 e. The lowest BCUT2D eigenvalue weighted by molar-refractivity contribution is -0.605. The van der Waals surface area contributed by atoms with E-state index in [9.17, 15) is 10.0 Å². The van der Waals surface area contributed by atoms with Gasteiger partial charge in [0, 0.05) is 11.6 Å². The van der Waals surface area contributed by atoms with Crippen LogP contribution in [0.3, 0.4) is 0 Å². The zero-order chi connectivity index (χ0) is 19.0. The van der Waals surface area contributed by atoms with Crippen LogP contribution in [0, 0.1) is 10.6 Å². The molecule has 3 aromatic rings. The Labute approximate surface area is 158 Å². The molecule has 0 bridgehead atoms. The number of pyridine rings is 1. The number of rotatable bonds is 3. The highest BCUT2D eigenvalue weighted by Gasteiger charge is 2.36.